The molecule has 4 aromatic rings. The Kier molecular flexibility index (Phi) is 4.40. The van der Waals surface area contributed by atoms with Crippen molar-refractivity contribution in [3.8, 4) is 5.69 Å². The number of para-hydroxylation sites is 1. The van der Waals surface area contributed by atoms with E-state index in [1.165, 1.54) is 29.2 Å². The van der Waals surface area contributed by atoms with Crippen LogP contribution in [0.25, 0.3) is 16.9 Å². The van der Waals surface area contributed by atoms with E-state index in [0.717, 1.165) is 15.8 Å². The van der Waals surface area contributed by atoms with Crippen molar-refractivity contribution in [2.75, 3.05) is 5.32 Å². The van der Waals surface area contributed by atoms with Gasteiger partial charge in [-0.15, -0.1) is 5.10 Å². The zero-order chi connectivity index (χ0) is 19.7. The fraction of sp³-hybridized carbons (Fsp3) is 0.105. The van der Waals surface area contributed by atoms with Crippen LogP contribution in [0.3, 0.4) is 0 Å². The third-order valence-corrected chi connectivity index (χ3v) is 4.17. The lowest BCUT2D eigenvalue weighted by Crippen LogP contribution is -2.28. The zero-order valence-electron chi connectivity index (χ0n) is 14.8. The molecule has 0 unspecified atom stereocenters. The van der Waals surface area contributed by atoms with Gasteiger partial charge in [-0.3, -0.25) is 14.2 Å². The van der Waals surface area contributed by atoms with Crippen molar-refractivity contribution in [1.82, 2.24) is 24.5 Å². The van der Waals surface area contributed by atoms with Crippen LogP contribution in [0, 0.1) is 12.7 Å². The fourth-order valence-electron chi connectivity index (χ4n) is 2.72. The molecule has 1 N–H and O–H groups in total. The molecule has 0 atom stereocenters. The van der Waals surface area contributed by atoms with Crippen LogP contribution < -0.4 is 10.9 Å². The molecule has 0 saturated carbocycles. The average Bonchev–Trinajstić information content (AvgIpc) is 3.11. The number of nitrogens with one attached hydrogen (secondary N) is 1. The standard InChI is InChI=1S/C19H15FN6O2/c1-12-6-8-13(9-7-12)26-18-17(23-24-26)19(28)25(11-21-18)10-16(27)22-15-5-3-2-4-14(15)20/h2-9,11H,10H2,1H3,(H,22,27). The number of carbonyl (C=O) groups excluding carboxylic acids is 1. The van der Waals surface area contributed by atoms with Gasteiger partial charge < -0.3 is 5.32 Å². The molecule has 0 aliphatic rings. The van der Waals surface area contributed by atoms with Gasteiger partial charge in [-0.2, -0.15) is 4.68 Å². The summed E-state index contributed by atoms with van der Waals surface area (Å²) in [4.78, 5) is 29.0. The summed E-state index contributed by atoms with van der Waals surface area (Å²) in [7, 11) is 0. The molecule has 0 radical (unpaired) electrons. The molecule has 8 nitrogen and oxygen atoms in total. The third kappa shape index (κ3) is 3.25. The zero-order valence-corrected chi connectivity index (χ0v) is 14.8. The Labute approximate surface area is 158 Å². The van der Waals surface area contributed by atoms with Crippen LogP contribution in [0.4, 0.5) is 10.1 Å². The lowest BCUT2D eigenvalue weighted by atomic mass is 10.2. The van der Waals surface area contributed by atoms with Crippen molar-refractivity contribution < 1.29 is 9.18 Å². The smallest absolute Gasteiger partial charge is 0.284 e. The van der Waals surface area contributed by atoms with Crippen LogP contribution in [0.5, 0.6) is 0 Å². The summed E-state index contributed by atoms with van der Waals surface area (Å²) in [5, 5.41) is 10.3. The first-order valence-corrected chi connectivity index (χ1v) is 8.45. The van der Waals surface area contributed by atoms with E-state index in [2.05, 4.69) is 20.6 Å². The Balaban J connectivity index is 1.62. The van der Waals surface area contributed by atoms with Gasteiger partial charge in [0, 0.05) is 0 Å². The number of hydrogen-bond acceptors (Lipinski definition) is 5. The van der Waals surface area contributed by atoms with Crippen LogP contribution in [-0.4, -0.2) is 30.5 Å². The molecule has 0 aliphatic carbocycles. The number of carbonyl (C=O) groups is 1. The van der Waals surface area contributed by atoms with E-state index in [1.807, 2.05) is 31.2 Å². The van der Waals surface area contributed by atoms with Crippen molar-refractivity contribution in [1.29, 1.82) is 0 Å². The first-order valence-electron chi connectivity index (χ1n) is 8.45. The molecule has 0 fully saturated rings. The molecule has 0 spiro atoms. The number of fused-ring (bicyclic) bond motifs is 1. The average molecular weight is 378 g/mol. The van der Waals surface area contributed by atoms with Gasteiger partial charge in [-0.25, -0.2) is 9.37 Å². The van der Waals surface area contributed by atoms with Crippen molar-refractivity contribution in [2.45, 2.75) is 13.5 Å². The summed E-state index contributed by atoms with van der Waals surface area (Å²) in [5.41, 5.74) is 1.67. The van der Waals surface area contributed by atoms with Crippen LogP contribution in [0.2, 0.25) is 0 Å². The number of aromatic nitrogens is 5. The summed E-state index contributed by atoms with van der Waals surface area (Å²) in [6.45, 7) is 1.64. The monoisotopic (exact) mass is 378 g/mol. The highest BCUT2D eigenvalue weighted by Crippen LogP contribution is 2.14. The molecule has 4 rings (SSSR count). The highest BCUT2D eigenvalue weighted by Gasteiger charge is 2.15. The number of hydrogen-bond donors (Lipinski definition) is 1. The second-order valence-electron chi connectivity index (χ2n) is 6.21. The molecule has 1 amide bonds. The summed E-state index contributed by atoms with van der Waals surface area (Å²) in [5.74, 6) is -1.11. The van der Waals surface area contributed by atoms with Gasteiger partial charge in [-0.1, -0.05) is 35.0 Å². The van der Waals surface area contributed by atoms with Gasteiger partial charge in [-0.05, 0) is 31.2 Å². The van der Waals surface area contributed by atoms with Crippen LogP contribution in [-0.2, 0) is 11.3 Å². The lowest BCUT2D eigenvalue weighted by Gasteiger charge is -2.08. The van der Waals surface area contributed by atoms with E-state index in [0.29, 0.717) is 5.65 Å². The van der Waals surface area contributed by atoms with Crippen LogP contribution in [0.1, 0.15) is 5.56 Å². The molecule has 140 valence electrons. The number of aryl methyl sites for hydroxylation is 1. The van der Waals surface area contributed by atoms with Gasteiger partial charge >= 0.3 is 0 Å². The number of benzene rings is 2. The van der Waals surface area contributed by atoms with Crippen molar-refractivity contribution in [2.24, 2.45) is 0 Å². The first-order chi connectivity index (χ1) is 13.5. The van der Waals surface area contributed by atoms with E-state index in [-0.39, 0.29) is 17.7 Å². The maximum Gasteiger partial charge on any atom is 0.284 e. The van der Waals surface area contributed by atoms with Crippen molar-refractivity contribution in [3.05, 3.63) is 76.6 Å². The van der Waals surface area contributed by atoms with Gasteiger partial charge in [0.15, 0.2) is 11.2 Å². The quantitative estimate of drug-likeness (QED) is 0.587. The molecule has 9 heteroatoms. The van der Waals surface area contributed by atoms with E-state index in [4.69, 9.17) is 0 Å². The van der Waals surface area contributed by atoms with E-state index in [1.54, 1.807) is 6.07 Å². The van der Waals surface area contributed by atoms with Crippen LogP contribution >= 0.6 is 0 Å². The molecule has 28 heavy (non-hydrogen) atoms. The Morgan fingerprint density at radius 3 is 2.64 bits per heavy atom. The highest BCUT2D eigenvalue weighted by molar-refractivity contribution is 5.90. The van der Waals surface area contributed by atoms with Crippen molar-refractivity contribution >= 4 is 22.8 Å². The molecule has 0 saturated heterocycles. The number of rotatable bonds is 4. The summed E-state index contributed by atoms with van der Waals surface area (Å²) < 4.78 is 16.2. The summed E-state index contributed by atoms with van der Waals surface area (Å²) in [6, 6.07) is 13.3. The topological polar surface area (TPSA) is 94.7 Å². The Hall–Kier alpha value is -3.88. The summed E-state index contributed by atoms with van der Waals surface area (Å²) >= 11 is 0. The molecule has 2 aromatic carbocycles. The molecule has 0 aliphatic heterocycles. The number of halogens is 1. The first kappa shape index (κ1) is 17.5. The minimum Gasteiger partial charge on any atom is -0.322 e. The maximum atomic E-state index is 13.6. The number of amides is 1. The fourth-order valence-corrected chi connectivity index (χ4v) is 2.72. The minimum atomic E-state index is -0.558. The summed E-state index contributed by atoms with van der Waals surface area (Å²) in [6.07, 6.45) is 1.25. The molecule has 0 bridgehead atoms. The van der Waals surface area contributed by atoms with Gasteiger partial charge in [0.1, 0.15) is 18.7 Å². The van der Waals surface area contributed by atoms with Crippen LogP contribution in [0.15, 0.2) is 59.7 Å². The Bertz CT molecular complexity index is 1230. The normalized spacial score (nSPS) is 10.9. The second-order valence-corrected chi connectivity index (χ2v) is 6.21. The van der Waals surface area contributed by atoms with Gasteiger partial charge in [0.2, 0.25) is 5.91 Å². The Morgan fingerprint density at radius 1 is 1.14 bits per heavy atom. The second kappa shape index (κ2) is 7.03. The van der Waals surface area contributed by atoms with E-state index < -0.39 is 17.3 Å². The largest absolute Gasteiger partial charge is 0.322 e. The van der Waals surface area contributed by atoms with E-state index >= 15 is 0 Å². The maximum absolute atomic E-state index is 13.6. The number of nitrogens with zero attached hydrogens (tertiary/aromatic N) is 5. The third-order valence-electron chi connectivity index (χ3n) is 4.17. The molecular weight excluding hydrogens is 363 g/mol. The molecular formula is C19H15FN6O2. The number of anilines is 1. The predicted octanol–water partition coefficient (Wildman–Crippen LogP) is 2.06. The van der Waals surface area contributed by atoms with Gasteiger partial charge in [0.25, 0.3) is 5.56 Å². The van der Waals surface area contributed by atoms with Crippen molar-refractivity contribution in [3.63, 3.8) is 0 Å². The van der Waals surface area contributed by atoms with Gasteiger partial charge in [0.05, 0.1) is 11.4 Å². The highest BCUT2D eigenvalue weighted by atomic mass is 19.1. The molecule has 2 heterocycles. The van der Waals surface area contributed by atoms with E-state index in [9.17, 15) is 14.0 Å². The minimum absolute atomic E-state index is 0.0416. The Morgan fingerprint density at radius 2 is 1.89 bits per heavy atom. The lowest BCUT2D eigenvalue weighted by molar-refractivity contribution is -0.116. The molecule has 2 aromatic heterocycles. The SMILES string of the molecule is Cc1ccc(-n2nnc3c(=O)n(CC(=O)Nc4ccccc4F)cnc32)cc1. The predicted molar refractivity (Wildman–Crippen MR) is 101 cm³/mol.